The van der Waals surface area contributed by atoms with Crippen LogP contribution in [0.25, 0.3) is 0 Å². The van der Waals surface area contributed by atoms with Gasteiger partial charge in [-0.3, -0.25) is 0 Å². The molecule has 0 saturated carbocycles. The number of rotatable bonds is 6. The molecule has 3 aromatic rings. The van der Waals surface area contributed by atoms with Crippen molar-refractivity contribution in [2.24, 2.45) is 0 Å². The molecular formula is C21H24N4. The largest absolute Gasteiger partial charge is 0.366 e. The van der Waals surface area contributed by atoms with E-state index in [0.29, 0.717) is 0 Å². The Morgan fingerprint density at radius 1 is 0.920 bits per heavy atom. The van der Waals surface area contributed by atoms with E-state index in [1.165, 1.54) is 11.1 Å². The molecular weight excluding hydrogens is 308 g/mol. The Hall–Kier alpha value is -2.88. The summed E-state index contributed by atoms with van der Waals surface area (Å²) < 4.78 is 0. The molecule has 0 fully saturated rings. The smallest absolute Gasteiger partial charge is 0.232 e. The van der Waals surface area contributed by atoms with Gasteiger partial charge in [-0.05, 0) is 38.5 Å². The van der Waals surface area contributed by atoms with Crippen LogP contribution >= 0.6 is 0 Å². The number of hydrogen-bond donors (Lipinski definition) is 1. The molecule has 0 spiro atoms. The van der Waals surface area contributed by atoms with Crippen molar-refractivity contribution < 1.29 is 0 Å². The van der Waals surface area contributed by atoms with Crippen LogP contribution in [0, 0.1) is 13.8 Å². The Balaban J connectivity index is 1.82. The molecule has 1 N–H and O–H groups in total. The molecule has 1 aromatic heterocycles. The zero-order valence-electron chi connectivity index (χ0n) is 15.0. The van der Waals surface area contributed by atoms with Crippen molar-refractivity contribution >= 4 is 17.5 Å². The van der Waals surface area contributed by atoms with Crippen LogP contribution in [0.5, 0.6) is 0 Å². The van der Waals surface area contributed by atoms with Crippen LogP contribution in [0.2, 0.25) is 0 Å². The number of nitrogens with one attached hydrogen (secondary N) is 1. The lowest BCUT2D eigenvalue weighted by Gasteiger charge is -2.22. The lowest BCUT2D eigenvalue weighted by atomic mass is 10.1. The van der Waals surface area contributed by atoms with E-state index in [-0.39, 0.29) is 0 Å². The standard InChI is InChI=1S/C21H24N4/c1-4-25(19-11-6-5-7-12-19)21-23-17(3)14-20(24-21)22-15-18-10-8-9-16(2)13-18/h5-14H,4,15H2,1-3H3,(H,22,23,24). The highest BCUT2D eigenvalue weighted by Crippen LogP contribution is 2.23. The molecule has 0 amide bonds. The fourth-order valence-corrected chi connectivity index (χ4v) is 2.83. The maximum Gasteiger partial charge on any atom is 0.232 e. The van der Waals surface area contributed by atoms with Gasteiger partial charge >= 0.3 is 0 Å². The summed E-state index contributed by atoms with van der Waals surface area (Å²) in [5, 5.41) is 3.42. The van der Waals surface area contributed by atoms with Gasteiger partial charge in [0.2, 0.25) is 5.95 Å². The molecule has 0 bridgehead atoms. The minimum Gasteiger partial charge on any atom is -0.366 e. The summed E-state index contributed by atoms with van der Waals surface area (Å²) in [6.45, 7) is 7.77. The van der Waals surface area contributed by atoms with Crippen molar-refractivity contribution in [3.05, 3.63) is 77.5 Å². The molecule has 0 aliphatic heterocycles. The van der Waals surface area contributed by atoms with E-state index in [1.807, 2.05) is 31.2 Å². The number of para-hydroxylation sites is 1. The van der Waals surface area contributed by atoms with E-state index < -0.39 is 0 Å². The minimum atomic E-state index is 0.723. The van der Waals surface area contributed by atoms with Gasteiger partial charge in [-0.2, -0.15) is 4.98 Å². The Kier molecular flexibility index (Phi) is 5.29. The van der Waals surface area contributed by atoms with Gasteiger partial charge in [0.15, 0.2) is 0 Å². The van der Waals surface area contributed by atoms with Gasteiger partial charge < -0.3 is 10.2 Å². The molecule has 0 unspecified atom stereocenters. The van der Waals surface area contributed by atoms with E-state index in [4.69, 9.17) is 4.98 Å². The number of aromatic nitrogens is 2. The number of hydrogen-bond acceptors (Lipinski definition) is 4. The first kappa shape index (κ1) is 17.0. The predicted octanol–water partition coefficient (Wildman–Crippen LogP) is 4.86. The van der Waals surface area contributed by atoms with Crippen molar-refractivity contribution in [1.29, 1.82) is 0 Å². The molecule has 1 heterocycles. The maximum absolute atomic E-state index is 4.72. The van der Waals surface area contributed by atoms with Crippen molar-refractivity contribution in [3.8, 4) is 0 Å². The Labute approximate surface area is 149 Å². The SMILES string of the molecule is CCN(c1ccccc1)c1nc(C)cc(NCc2cccc(C)c2)n1. The zero-order valence-corrected chi connectivity index (χ0v) is 15.0. The lowest BCUT2D eigenvalue weighted by molar-refractivity contribution is 0.930. The lowest BCUT2D eigenvalue weighted by Crippen LogP contribution is -2.19. The summed E-state index contributed by atoms with van der Waals surface area (Å²) in [6, 6.07) is 20.7. The van der Waals surface area contributed by atoms with Crippen LogP contribution in [-0.4, -0.2) is 16.5 Å². The summed E-state index contributed by atoms with van der Waals surface area (Å²) >= 11 is 0. The second kappa shape index (κ2) is 7.79. The second-order valence-electron chi connectivity index (χ2n) is 6.12. The molecule has 0 saturated heterocycles. The van der Waals surface area contributed by atoms with Crippen LogP contribution in [0.1, 0.15) is 23.7 Å². The second-order valence-corrected chi connectivity index (χ2v) is 6.12. The Bertz CT molecular complexity index is 830. The highest BCUT2D eigenvalue weighted by Gasteiger charge is 2.11. The molecule has 4 heteroatoms. The summed E-state index contributed by atoms with van der Waals surface area (Å²) in [4.78, 5) is 11.5. The summed E-state index contributed by atoms with van der Waals surface area (Å²) in [5.74, 6) is 1.57. The third-order valence-electron chi connectivity index (χ3n) is 4.02. The molecule has 2 aromatic carbocycles. The van der Waals surface area contributed by atoms with Crippen LogP contribution in [0.3, 0.4) is 0 Å². The molecule has 3 rings (SSSR count). The number of anilines is 3. The molecule has 0 radical (unpaired) electrons. The fraction of sp³-hybridized carbons (Fsp3) is 0.238. The van der Waals surface area contributed by atoms with Crippen molar-refractivity contribution in [2.75, 3.05) is 16.8 Å². The quantitative estimate of drug-likeness (QED) is 0.699. The monoisotopic (exact) mass is 332 g/mol. The summed E-state index contributed by atoms with van der Waals surface area (Å²) in [7, 11) is 0. The molecule has 4 nitrogen and oxygen atoms in total. The van der Waals surface area contributed by atoms with Gasteiger partial charge in [0.1, 0.15) is 5.82 Å². The van der Waals surface area contributed by atoms with E-state index in [2.05, 4.69) is 65.4 Å². The van der Waals surface area contributed by atoms with E-state index in [0.717, 1.165) is 36.2 Å². The normalized spacial score (nSPS) is 10.5. The number of aryl methyl sites for hydroxylation is 2. The third-order valence-corrected chi connectivity index (χ3v) is 4.02. The van der Waals surface area contributed by atoms with Crippen LogP contribution < -0.4 is 10.2 Å². The summed E-state index contributed by atoms with van der Waals surface area (Å²) in [6.07, 6.45) is 0. The van der Waals surface area contributed by atoms with Crippen molar-refractivity contribution in [2.45, 2.75) is 27.3 Å². The third kappa shape index (κ3) is 4.35. The highest BCUT2D eigenvalue weighted by atomic mass is 15.3. The summed E-state index contributed by atoms with van der Waals surface area (Å²) in [5.41, 5.74) is 4.56. The Morgan fingerprint density at radius 3 is 2.44 bits per heavy atom. The minimum absolute atomic E-state index is 0.723. The van der Waals surface area contributed by atoms with Crippen molar-refractivity contribution in [3.63, 3.8) is 0 Å². The van der Waals surface area contributed by atoms with E-state index in [1.54, 1.807) is 0 Å². The Morgan fingerprint density at radius 2 is 1.72 bits per heavy atom. The van der Waals surface area contributed by atoms with Gasteiger partial charge in [-0.1, -0.05) is 48.0 Å². The van der Waals surface area contributed by atoms with E-state index >= 15 is 0 Å². The molecule has 0 aliphatic rings. The molecule has 0 aliphatic carbocycles. The van der Waals surface area contributed by atoms with Gasteiger partial charge in [0.05, 0.1) is 0 Å². The number of nitrogens with zero attached hydrogens (tertiary/aromatic N) is 3. The maximum atomic E-state index is 4.72. The first-order chi connectivity index (χ1) is 12.2. The van der Waals surface area contributed by atoms with Crippen LogP contribution in [0.4, 0.5) is 17.5 Å². The highest BCUT2D eigenvalue weighted by molar-refractivity contribution is 5.58. The predicted molar refractivity (Wildman–Crippen MR) is 104 cm³/mol. The molecule has 0 atom stereocenters. The zero-order chi connectivity index (χ0) is 17.6. The average Bonchev–Trinajstić information content (AvgIpc) is 2.61. The molecule has 128 valence electrons. The van der Waals surface area contributed by atoms with Gasteiger partial charge in [-0.25, -0.2) is 4.98 Å². The van der Waals surface area contributed by atoms with Gasteiger partial charge in [0.25, 0.3) is 0 Å². The fourth-order valence-electron chi connectivity index (χ4n) is 2.83. The van der Waals surface area contributed by atoms with Crippen LogP contribution in [-0.2, 0) is 6.54 Å². The van der Waals surface area contributed by atoms with Gasteiger partial charge in [-0.15, -0.1) is 0 Å². The average molecular weight is 332 g/mol. The first-order valence-corrected chi connectivity index (χ1v) is 8.63. The van der Waals surface area contributed by atoms with Crippen LogP contribution in [0.15, 0.2) is 60.7 Å². The first-order valence-electron chi connectivity index (χ1n) is 8.63. The number of benzene rings is 2. The topological polar surface area (TPSA) is 41.1 Å². The van der Waals surface area contributed by atoms with E-state index in [9.17, 15) is 0 Å². The van der Waals surface area contributed by atoms with Gasteiger partial charge in [0, 0.05) is 30.5 Å². The van der Waals surface area contributed by atoms with Crippen molar-refractivity contribution in [1.82, 2.24) is 9.97 Å². The molecule has 25 heavy (non-hydrogen) atoms.